The first-order valence-corrected chi connectivity index (χ1v) is 5.95. The predicted molar refractivity (Wildman–Crippen MR) is 72.1 cm³/mol. The SMILES string of the molecule is C=CC(=O)c1ccccc1C(=O)OCC(C)(C)CO. The Kier molecular flexibility index (Phi) is 5.01. The second-order valence-electron chi connectivity index (χ2n) is 5.01. The molecule has 4 nitrogen and oxygen atoms in total. The van der Waals surface area contributed by atoms with Gasteiger partial charge < -0.3 is 9.84 Å². The van der Waals surface area contributed by atoms with Gasteiger partial charge in [0.1, 0.15) is 0 Å². The number of rotatable bonds is 6. The zero-order valence-electron chi connectivity index (χ0n) is 11.2. The summed E-state index contributed by atoms with van der Waals surface area (Å²) in [6.45, 7) is 6.95. The fraction of sp³-hybridized carbons (Fsp3) is 0.333. The smallest absolute Gasteiger partial charge is 0.338 e. The summed E-state index contributed by atoms with van der Waals surface area (Å²) in [6.07, 6.45) is 1.16. The van der Waals surface area contributed by atoms with Gasteiger partial charge in [0, 0.05) is 11.0 Å². The third-order valence-electron chi connectivity index (χ3n) is 2.62. The highest BCUT2D eigenvalue weighted by Gasteiger charge is 2.21. The lowest BCUT2D eigenvalue weighted by molar-refractivity contribution is 0.0217. The van der Waals surface area contributed by atoms with Crippen molar-refractivity contribution in [2.45, 2.75) is 13.8 Å². The lowest BCUT2D eigenvalue weighted by Gasteiger charge is -2.21. The molecule has 0 spiro atoms. The van der Waals surface area contributed by atoms with Crippen molar-refractivity contribution in [3.05, 3.63) is 48.0 Å². The Bertz CT molecular complexity index is 489. The van der Waals surface area contributed by atoms with Crippen LogP contribution in [0.3, 0.4) is 0 Å². The molecular weight excluding hydrogens is 244 g/mol. The van der Waals surface area contributed by atoms with Crippen LogP contribution in [0.5, 0.6) is 0 Å². The number of esters is 1. The van der Waals surface area contributed by atoms with Crippen molar-refractivity contribution in [3.63, 3.8) is 0 Å². The molecule has 1 aromatic rings. The first-order chi connectivity index (χ1) is 8.91. The number of carbonyl (C=O) groups is 2. The molecule has 0 unspecified atom stereocenters. The Morgan fingerprint density at radius 1 is 1.32 bits per heavy atom. The van der Waals surface area contributed by atoms with Gasteiger partial charge in [-0.25, -0.2) is 4.79 Å². The lowest BCUT2D eigenvalue weighted by atomic mass is 9.96. The van der Waals surface area contributed by atoms with E-state index < -0.39 is 11.4 Å². The second-order valence-corrected chi connectivity index (χ2v) is 5.01. The Balaban J connectivity index is 2.89. The van der Waals surface area contributed by atoms with E-state index in [0.717, 1.165) is 6.08 Å². The summed E-state index contributed by atoms with van der Waals surface area (Å²) in [6, 6.07) is 6.42. The standard InChI is InChI=1S/C15H18O4/c1-4-13(17)11-7-5-6-8-12(11)14(18)19-10-15(2,3)9-16/h4-8,16H,1,9-10H2,2-3H3. The van der Waals surface area contributed by atoms with Gasteiger partial charge in [-0.1, -0.05) is 38.6 Å². The summed E-state index contributed by atoms with van der Waals surface area (Å²) >= 11 is 0. The van der Waals surface area contributed by atoms with Crippen molar-refractivity contribution >= 4 is 11.8 Å². The van der Waals surface area contributed by atoms with E-state index in [2.05, 4.69) is 6.58 Å². The third kappa shape index (κ3) is 4.03. The fourth-order valence-electron chi connectivity index (χ4n) is 1.37. The topological polar surface area (TPSA) is 63.6 Å². The molecule has 0 aliphatic carbocycles. The molecule has 0 aliphatic heterocycles. The average Bonchev–Trinajstić information content (AvgIpc) is 2.44. The van der Waals surface area contributed by atoms with Crippen molar-refractivity contribution in [2.75, 3.05) is 13.2 Å². The van der Waals surface area contributed by atoms with Crippen molar-refractivity contribution in [1.29, 1.82) is 0 Å². The number of aliphatic hydroxyl groups is 1. The van der Waals surface area contributed by atoms with Crippen molar-refractivity contribution in [1.82, 2.24) is 0 Å². The molecule has 0 bridgehead atoms. The highest BCUT2D eigenvalue weighted by atomic mass is 16.5. The molecule has 0 fully saturated rings. The maximum absolute atomic E-state index is 12.0. The molecule has 0 saturated heterocycles. The summed E-state index contributed by atoms with van der Waals surface area (Å²) in [5, 5.41) is 9.10. The Hall–Kier alpha value is -1.94. The number of ketones is 1. The van der Waals surface area contributed by atoms with Gasteiger partial charge in [-0.05, 0) is 12.1 Å². The molecule has 19 heavy (non-hydrogen) atoms. The van der Waals surface area contributed by atoms with Gasteiger partial charge in [-0.3, -0.25) is 4.79 Å². The Morgan fingerprint density at radius 3 is 2.42 bits per heavy atom. The monoisotopic (exact) mass is 262 g/mol. The van der Waals surface area contributed by atoms with Gasteiger partial charge in [-0.15, -0.1) is 0 Å². The molecular formula is C15H18O4. The van der Waals surface area contributed by atoms with E-state index in [1.807, 2.05) is 0 Å². The highest BCUT2D eigenvalue weighted by molar-refractivity contribution is 6.11. The van der Waals surface area contributed by atoms with E-state index in [1.165, 1.54) is 6.07 Å². The quantitative estimate of drug-likeness (QED) is 0.485. The highest BCUT2D eigenvalue weighted by Crippen LogP contribution is 2.17. The Labute approximate surface area is 112 Å². The van der Waals surface area contributed by atoms with Gasteiger partial charge in [0.05, 0.1) is 18.8 Å². The minimum atomic E-state index is -0.577. The Morgan fingerprint density at radius 2 is 1.89 bits per heavy atom. The maximum atomic E-state index is 12.0. The van der Waals surface area contributed by atoms with Crippen LogP contribution in [-0.4, -0.2) is 30.1 Å². The van der Waals surface area contributed by atoms with E-state index in [0.29, 0.717) is 0 Å². The van der Waals surface area contributed by atoms with Crippen LogP contribution in [0.2, 0.25) is 0 Å². The number of hydrogen-bond acceptors (Lipinski definition) is 4. The zero-order valence-corrected chi connectivity index (χ0v) is 11.2. The van der Waals surface area contributed by atoms with Gasteiger partial charge in [0.15, 0.2) is 5.78 Å². The summed E-state index contributed by atoms with van der Waals surface area (Å²) in [5.74, 6) is -0.902. The molecule has 1 rings (SSSR count). The van der Waals surface area contributed by atoms with E-state index in [-0.39, 0.29) is 30.1 Å². The summed E-state index contributed by atoms with van der Waals surface area (Å²) in [5.41, 5.74) is -0.0296. The van der Waals surface area contributed by atoms with Crippen molar-refractivity contribution in [3.8, 4) is 0 Å². The number of aliphatic hydroxyl groups excluding tert-OH is 1. The number of carbonyl (C=O) groups excluding carboxylic acids is 2. The average molecular weight is 262 g/mol. The third-order valence-corrected chi connectivity index (χ3v) is 2.62. The number of ether oxygens (including phenoxy) is 1. The minimum absolute atomic E-state index is 0.0823. The molecule has 1 aromatic carbocycles. The van der Waals surface area contributed by atoms with Crippen LogP contribution in [-0.2, 0) is 4.74 Å². The molecule has 0 heterocycles. The molecule has 0 saturated carbocycles. The molecule has 0 amide bonds. The van der Waals surface area contributed by atoms with Gasteiger partial charge in [0.2, 0.25) is 0 Å². The lowest BCUT2D eigenvalue weighted by Crippen LogP contribution is -2.26. The van der Waals surface area contributed by atoms with Crippen LogP contribution in [0, 0.1) is 5.41 Å². The molecule has 0 aromatic heterocycles. The molecule has 102 valence electrons. The number of allylic oxidation sites excluding steroid dienone is 1. The van der Waals surface area contributed by atoms with Crippen LogP contribution < -0.4 is 0 Å². The van der Waals surface area contributed by atoms with Gasteiger partial charge >= 0.3 is 5.97 Å². The summed E-state index contributed by atoms with van der Waals surface area (Å²) < 4.78 is 5.13. The molecule has 0 aliphatic rings. The first-order valence-electron chi connectivity index (χ1n) is 5.95. The first kappa shape index (κ1) is 15.1. The summed E-state index contributed by atoms with van der Waals surface area (Å²) in [7, 11) is 0. The van der Waals surface area contributed by atoms with E-state index in [4.69, 9.17) is 9.84 Å². The zero-order chi connectivity index (χ0) is 14.5. The van der Waals surface area contributed by atoms with Gasteiger partial charge in [0.25, 0.3) is 0 Å². The minimum Gasteiger partial charge on any atom is -0.461 e. The molecule has 4 heteroatoms. The van der Waals surface area contributed by atoms with E-state index in [1.54, 1.807) is 32.0 Å². The summed E-state index contributed by atoms with van der Waals surface area (Å²) in [4.78, 5) is 23.6. The van der Waals surface area contributed by atoms with Crippen molar-refractivity contribution < 1.29 is 19.4 Å². The van der Waals surface area contributed by atoms with Gasteiger partial charge in [-0.2, -0.15) is 0 Å². The van der Waals surface area contributed by atoms with Crippen LogP contribution in [0.4, 0.5) is 0 Å². The predicted octanol–water partition coefficient (Wildman–Crippen LogP) is 2.23. The fourth-order valence-corrected chi connectivity index (χ4v) is 1.37. The number of benzene rings is 1. The van der Waals surface area contributed by atoms with Crippen LogP contribution >= 0.6 is 0 Å². The van der Waals surface area contributed by atoms with E-state index in [9.17, 15) is 9.59 Å². The maximum Gasteiger partial charge on any atom is 0.338 e. The normalized spacial score (nSPS) is 10.9. The number of hydrogen-bond donors (Lipinski definition) is 1. The van der Waals surface area contributed by atoms with Crippen molar-refractivity contribution in [2.24, 2.45) is 5.41 Å². The molecule has 0 radical (unpaired) electrons. The van der Waals surface area contributed by atoms with E-state index >= 15 is 0 Å². The largest absolute Gasteiger partial charge is 0.461 e. The van der Waals surface area contributed by atoms with Crippen LogP contribution in [0.15, 0.2) is 36.9 Å². The van der Waals surface area contributed by atoms with Crippen LogP contribution in [0.25, 0.3) is 0 Å². The van der Waals surface area contributed by atoms with Crippen LogP contribution in [0.1, 0.15) is 34.6 Å². The molecule has 0 atom stereocenters. The second kappa shape index (κ2) is 6.29. The molecule has 1 N–H and O–H groups in total.